The normalized spacial score (nSPS) is 16.3. The van der Waals surface area contributed by atoms with Crippen molar-refractivity contribution >= 4 is 15.9 Å². The third-order valence-corrected chi connectivity index (χ3v) is 7.07. The van der Waals surface area contributed by atoms with Crippen molar-refractivity contribution in [3.8, 4) is 0 Å². The van der Waals surface area contributed by atoms with E-state index in [1.165, 1.54) is 21.5 Å². The maximum Gasteiger partial charge on any atom is 0.251 e. The molecule has 0 radical (unpaired) electrons. The van der Waals surface area contributed by atoms with Crippen molar-refractivity contribution < 1.29 is 13.2 Å². The molecule has 1 saturated heterocycles. The van der Waals surface area contributed by atoms with Gasteiger partial charge in [0.25, 0.3) is 5.91 Å². The lowest BCUT2D eigenvalue weighted by molar-refractivity contribution is 0.0939. The van der Waals surface area contributed by atoms with Crippen molar-refractivity contribution in [3.63, 3.8) is 0 Å². The number of carbonyl (C=O) groups excluding carboxylic acids is 1. The molecule has 0 aliphatic carbocycles. The van der Waals surface area contributed by atoms with Crippen LogP contribution in [0, 0.1) is 13.8 Å². The van der Waals surface area contributed by atoms with E-state index in [1.807, 2.05) is 26.0 Å². The molecule has 27 heavy (non-hydrogen) atoms. The number of aryl methyl sites for hydroxylation is 2. The Hall–Kier alpha value is -2.18. The van der Waals surface area contributed by atoms with E-state index in [9.17, 15) is 13.2 Å². The molecule has 1 N–H and O–H groups in total. The lowest BCUT2D eigenvalue weighted by Crippen LogP contribution is -2.29. The van der Waals surface area contributed by atoms with Gasteiger partial charge in [0.1, 0.15) is 0 Å². The third kappa shape index (κ3) is 4.22. The first-order valence-corrected chi connectivity index (χ1v) is 10.7. The Bertz CT molecular complexity index is 948. The van der Waals surface area contributed by atoms with Crippen LogP contribution in [0.2, 0.25) is 0 Å². The molecular formula is C21H26N2O3S. The van der Waals surface area contributed by atoms with Crippen molar-refractivity contribution in [1.82, 2.24) is 9.62 Å². The molecule has 0 aromatic heterocycles. The average Bonchev–Trinajstić information content (AvgIpc) is 3.19. The predicted molar refractivity (Wildman–Crippen MR) is 106 cm³/mol. The van der Waals surface area contributed by atoms with Crippen LogP contribution in [0.5, 0.6) is 0 Å². The van der Waals surface area contributed by atoms with Crippen LogP contribution >= 0.6 is 0 Å². The van der Waals surface area contributed by atoms with Gasteiger partial charge in [0.2, 0.25) is 10.0 Å². The second kappa shape index (κ2) is 7.82. The van der Waals surface area contributed by atoms with Crippen molar-refractivity contribution in [2.75, 3.05) is 13.1 Å². The van der Waals surface area contributed by atoms with Gasteiger partial charge in [-0.15, -0.1) is 0 Å². The minimum atomic E-state index is -3.53. The summed E-state index contributed by atoms with van der Waals surface area (Å²) in [6, 6.07) is 12.2. The summed E-state index contributed by atoms with van der Waals surface area (Å²) in [6.07, 6.45) is 1.76. The number of rotatable bonds is 5. The summed E-state index contributed by atoms with van der Waals surface area (Å²) < 4.78 is 26.9. The van der Waals surface area contributed by atoms with Gasteiger partial charge in [0, 0.05) is 18.7 Å². The zero-order valence-corrected chi connectivity index (χ0v) is 16.8. The first-order chi connectivity index (χ1) is 12.8. The molecule has 0 saturated carbocycles. The predicted octanol–water partition coefficient (Wildman–Crippen LogP) is 3.58. The fraction of sp³-hybridized carbons (Fsp3) is 0.381. The largest absolute Gasteiger partial charge is 0.346 e. The highest BCUT2D eigenvalue weighted by molar-refractivity contribution is 7.89. The first-order valence-electron chi connectivity index (χ1n) is 9.27. The van der Waals surface area contributed by atoms with Gasteiger partial charge in [-0.25, -0.2) is 8.42 Å². The highest BCUT2D eigenvalue weighted by Gasteiger charge is 2.27. The minimum Gasteiger partial charge on any atom is -0.346 e. The summed E-state index contributed by atoms with van der Waals surface area (Å²) in [5.41, 5.74) is 3.75. The van der Waals surface area contributed by atoms with Crippen LogP contribution in [-0.2, 0) is 10.0 Å². The van der Waals surface area contributed by atoms with Crippen molar-refractivity contribution in [3.05, 3.63) is 64.7 Å². The second-order valence-electron chi connectivity index (χ2n) is 7.18. The summed E-state index contributed by atoms with van der Waals surface area (Å²) >= 11 is 0. The lowest BCUT2D eigenvalue weighted by atomic mass is 10.0. The van der Waals surface area contributed by atoms with Gasteiger partial charge in [-0.3, -0.25) is 4.79 Å². The van der Waals surface area contributed by atoms with Gasteiger partial charge >= 0.3 is 0 Å². The smallest absolute Gasteiger partial charge is 0.251 e. The van der Waals surface area contributed by atoms with Crippen LogP contribution < -0.4 is 5.32 Å². The summed E-state index contributed by atoms with van der Waals surface area (Å²) in [4.78, 5) is 12.8. The Morgan fingerprint density at radius 2 is 1.74 bits per heavy atom. The molecule has 6 heteroatoms. The highest BCUT2D eigenvalue weighted by atomic mass is 32.2. The van der Waals surface area contributed by atoms with Crippen LogP contribution in [0.25, 0.3) is 0 Å². The second-order valence-corrected chi connectivity index (χ2v) is 9.12. The fourth-order valence-electron chi connectivity index (χ4n) is 3.27. The standard InChI is InChI=1S/C21H26N2O3S/c1-15-9-10-18(13-16(15)2)17(3)22-21(24)19-7-6-8-20(14-19)27(25,26)23-11-4-5-12-23/h6-10,13-14,17H,4-5,11-12H2,1-3H3,(H,22,24)/t17-/m1/s1. The molecule has 1 heterocycles. The molecule has 2 aromatic rings. The zero-order chi connectivity index (χ0) is 19.6. The molecule has 1 amide bonds. The molecular weight excluding hydrogens is 360 g/mol. The number of amides is 1. The molecule has 1 fully saturated rings. The number of carbonyl (C=O) groups is 1. The van der Waals surface area contributed by atoms with Crippen molar-refractivity contribution in [2.24, 2.45) is 0 Å². The maximum absolute atomic E-state index is 12.7. The molecule has 1 atom stereocenters. The maximum atomic E-state index is 12.7. The zero-order valence-electron chi connectivity index (χ0n) is 16.0. The Kier molecular flexibility index (Phi) is 5.67. The van der Waals surface area contributed by atoms with Gasteiger partial charge in [-0.2, -0.15) is 4.31 Å². The molecule has 1 aliphatic rings. The van der Waals surface area contributed by atoms with E-state index < -0.39 is 10.0 Å². The number of hydrogen-bond donors (Lipinski definition) is 1. The van der Waals surface area contributed by atoms with Gasteiger partial charge in [-0.05, 0) is 68.5 Å². The number of hydrogen-bond acceptors (Lipinski definition) is 3. The Labute approximate surface area is 161 Å². The molecule has 1 aliphatic heterocycles. The van der Waals surface area contributed by atoms with Gasteiger partial charge < -0.3 is 5.32 Å². The van der Waals surface area contributed by atoms with Gasteiger partial charge in [-0.1, -0.05) is 24.3 Å². The SMILES string of the molecule is Cc1ccc([C@@H](C)NC(=O)c2cccc(S(=O)(=O)N3CCCC3)c2)cc1C. The van der Waals surface area contributed by atoms with E-state index in [1.54, 1.807) is 18.2 Å². The first kappa shape index (κ1) is 19.6. The Morgan fingerprint density at radius 3 is 2.41 bits per heavy atom. The Balaban J connectivity index is 1.78. The molecule has 0 unspecified atom stereocenters. The van der Waals surface area contributed by atoms with Gasteiger partial charge in [0.05, 0.1) is 10.9 Å². The van der Waals surface area contributed by atoms with Crippen LogP contribution in [0.4, 0.5) is 0 Å². The molecule has 5 nitrogen and oxygen atoms in total. The van der Waals surface area contributed by atoms with E-state index in [0.29, 0.717) is 18.7 Å². The lowest BCUT2D eigenvalue weighted by Gasteiger charge is -2.17. The summed E-state index contributed by atoms with van der Waals surface area (Å²) in [6.45, 7) is 7.10. The molecule has 0 bridgehead atoms. The quantitative estimate of drug-likeness (QED) is 0.854. The number of benzene rings is 2. The fourth-order valence-corrected chi connectivity index (χ4v) is 4.84. The summed E-state index contributed by atoms with van der Waals surface area (Å²) in [7, 11) is -3.53. The summed E-state index contributed by atoms with van der Waals surface area (Å²) in [5, 5.41) is 2.96. The van der Waals surface area contributed by atoms with E-state index in [-0.39, 0.29) is 16.8 Å². The van der Waals surface area contributed by atoms with Crippen molar-refractivity contribution in [2.45, 2.75) is 44.6 Å². The Morgan fingerprint density at radius 1 is 1.04 bits per heavy atom. The monoisotopic (exact) mass is 386 g/mol. The minimum absolute atomic E-state index is 0.171. The summed E-state index contributed by atoms with van der Waals surface area (Å²) in [5.74, 6) is -0.279. The third-order valence-electron chi connectivity index (χ3n) is 5.18. The van der Waals surface area contributed by atoms with E-state index in [2.05, 4.69) is 18.3 Å². The van der Waals surface area contributed by atoms with Crippen LogP contribution in [0.15, 0.2) is 47.4 Å². The average molecular weight is 387 g/mol. The highest BCUT2D eigenvalue weighted by Crippen LogP contribution is 2.22. The molecule has 0 spiro atoms. The van der Waals surface area contributed by atoms with Crippen LogP contribution in [0.1, 0.15) is 52.9 Å². The van der Waals surface area contributed by atoms with Gasteiger partial charge in [0.15, 0.2) is 0 Å². The number of nitrogens with zero attached hydrogens (tertiary/aromatic N) is 1. The molecule has 144 valence electrons. The molecule has 3 rings (SSSR count). The number of sulfonamides is 1. The van der Waals surface area contributed by atoms with Crippen LogP contribution in [0.3, 0.4) is 0 Å². The van der Waals surface area contributed by atoms with E-state index >= 15 is 0 Å². The van der Waals surface area contributed by atoms with E-state index in [4.69, 9.17) is 0 Å². The van der Waals surface area contributed by atoms with Crippen LogP contribution in [-0.4, -0.2) is 31.7 Å². The topological polar surface area (TPSA) is 66.5 Å². The molecule has 2 aromatic carbocycles. The van der Waals surface area contributed by atoms with E-state index in [0.717, 1.165) is 18.4 Å². The van der Waals surface area contributed by atoms with Crippen molar-refractivity contribution in [1.29, 1.82) is 0 Å². The number of nitrogens with one attached hydrogen (secondary N) is 1.